The smallest absolute Gasteiger partial charge is 0.269 e. The van der Waals surface area contributed by atoms with Gasteiger partial charge in [0.1, 0.15) is 0 Å². The lowest BCUT2D eigenvalue weighted by Gasteiger charge is -2.32. The summed E-state index contributed by atoms with van der Waals surface area (Å²) < 4.78 is 1.05. The molecule has 134 valence electrons. The highest BCUT2D eigenvalue weighted by molar-refractivity contribution is 9.10. The van der Waals surface area contributed by atoms with Gasteiger partial charge in [-0.3, -0.25) is 15.0 Å². The molecule has 0 heterocycles. The molecule has 5 nitrogen and oxygen atoms in total. The number of rotatable bonds is 8. The molecule has 0 amide bonds. The molecule has 0 aromatic heterocycles. The van der Waals surface area contributed by atoms with E-state index in [-0.39, 0.29) is 16.0 Å². The zero-order valence-electron chi connectivity index (χ0n) is 14.6. The summed E-state index contributed by atoms with van der Waals surface area (Å²) in [6.45, 7) is 7.25. The molecule has 0 saturated carbocycles. The van der Waals surface area contributed by atoms with E-state index < -0.39 is 0 Å². The van der Waals surface area contributed by atoms with E-state index in [0.29, 0.717) is 13.1 Å². The van der Waals surface area contributed by atoms with Crippen molar-refractivity contribution in [3.8, 4) is 0 Å². The van der Waals surface area contributed by atoms with E-state index in [1.807, 2.05) is 24.3 Å². The van der Waals surface area contributed by atoms with E-state index in [0.717, 1.165) is 23.1 Å². The van der Waals surface area contributed by atoms with E-state index in [1.54, 1.807) is 12.1 Å². The normalized spacial score (nSPS) is 11.7. The van der Waals surface area contributed by atoms with Gasteiger partial charge < -0.3 is 5.73 Å². The number of hydrogen-bond acceptors (Lipinski definition) is 4. The van der Waals surface area contributed by atoms with Crippen LogP contribution in [-0.4, -0.2) is 22.9 Å². The second-order valence-electron chi connectivity index (χ2n) is 7.07. The van der Waals surface area contributed by atoms with Gasteiger partial charge in [0.05, 0.1) is 4.92 Å². The lowest BCUT2D eigenvalue weighted by atomic mass is 9.92. The van der Waals surface area contributed by atoms with Crippen LogP contribution in [0.4, 0.5) is 5.69 Å². The van der Waals surface area contributed by atoms with E-state index in [9.17, 15) is 10.1 Å². The average molecular weight is 406 g/mol. The molecule has 2 N–H and O–H groups in total. The number of hydrogen-bond donors (Lipinski definition) is 1. The molecule has 0 aliphatic carbocycles. The number of nitrogens with zero attached hydrogens (tertiary/aromatic N) is 2. The second kappa shape index (κ2) is 8.56. The van der Waals surface area contributed by atoms with E-state index in [4.69, 9.17) is 5.73 Å². The molecule has 0 aliphatic rings. The van der Waals surface area contributed by atoms with Crippen LogP contribution in [0.5, 0.6) is 0 Å². The van der Waals surface area contributed by atoms with Crippen LogP contribution in [0.15, 0.2) is 53.0 Å². The fourth-order valence-corrected chi connectivity index (χ4v) is 3.16. The largest absolute Gasteiger partial charge is 0.330 e. The average Bonchev–Trinajstić information content (AvgIpc) is 2.55. The molecule has 0 radical (unpaired) electrons. The number of benzene rings is 2. The van der Waals surface area contributed by atoms with Crippen molar-refractivity contribution in [3.63, 3.8) is 0 Å². The third-order valence-corrected chi connectivity index (χ3v) is 4.55. The molecule has 0 fully saturated rings. The minimum atomic E-state index is -0.374. The van der Waals surface area contributed by atoms with Crippen molar-refractivity contribution >= 4 is 21.6 Å². The summed E-state index contributed by atoms with van der Waals surface area (Å²) in [5.41, 5.74) is 8.28. The van der Waals surface area contributed by atoms with Crippen LogP contribution >= 0.6 is 15.9 Å². The molecule has 0 unspecified atom stereocenters. The molecule has 25 heavy (non-hydrogen) atoms. The van der Waals surface area contributed by atoms with Crippen LogP contribution < -0.4 is 5.73 Å². The Labute approximate surface area is 157 Å². The van der Waals surface area contributed by atoms with Gasteiger partial charge in [0.25, 0.3) is 5.69 Å². The third-order valence-electron chi connectivity index (χ3n) is 4.05. The topological polar surface area (TPSA) is 72.4 Å². The first kappa shape index (κ1) is 19.6. The lowest BCUT2D eigenvalue weighted by molar-refractivity contribution is -0.384. The Bertz CT molecular complexity index is 717. The molecular formula is C19H24BrN3O2. The maximum absolute atomic E-state index is 10.8. The van der Waals surface area contributed by atoms with Crippen molar-refractivity contribution in [1.29, 1.82) is 0 Å². The van der Waals surface area contributed by atoms with Crippen molar-refractivity contribution in [3.05, 3.63) is 74.2 Å². The monoisotopic (exact) mass is 405 g/mol. The standard InChI is InChI=1S/C19H24BrN3O2/c1-19(2,13-21)14-22(12-16-4-3-5-17(20)10-16)11-15-6-8-18(9-7-15)23(24)25/h3-10H,11-14,21H2,1-2H3. The van der Waals surface area contributed by atoms with E-state index in [1.165, 1.54) is 5.56 Å². The summed E-state index contributed by atoms with van der Waals surface area (Å²) in [5, 5.41) is 10.8. The summed E-state index contributed by atoms with van der Waals surface area (Å²) >= 11 is 3.51. The van der Waals surface area contributed by atoms with Gasteiger partial charge in [0.15, 0.2) is 0 Å². The van der Waals surface area contributed by atoms with Gasteiger partial charge in [0, 0.05) is 36.2 Å². The Balaban J connectivity index is 2.17. The number of nitro groups is 1. The Morgan fingerprint density at radius 1 is 1.12 bits per heavy atom. The quantitative estimate of drug-likeness (QED) is 0.523. The summed E-state index contributed by atoms with van der Waals surface area (Å²) in [7, 11) is 0. The summed E-state index contributed by atoms with van der Waals surface area (Å²) in [4.78, 5) is 12.8. The van der Waals surface area contributed by atoms with Crippen LogP contribution in [0.3, 0.4) is 0 Å². The fraction of sp³-hybridized carbons (Fsp3) is 0.368. The molecule has 2 aromatic rings. The number of nitrogens with two attached hydrogens (primary N) is 1. The van der Waals surface area contributed by atoms with Gasteiger partial charge >= 0.3 is 0 Å². The van der Waals surface area contributed by atoms with E-state index >= 15 is 0 Å². The molecule has 6 heteroatoms. The van der Waals surface area contributed by atoms with Crippen molar-refractivity contribution in [2.45, 2.75) is 26.9 Å². The first-order chi connectivity index (χ1) is 11.8. The van der Waals surface area contributed by atoms with Crippen LogP contribution in [0.2, 0.25) is 0 Å². The Morgan fingerprint density at radius 3 is 2.32 bits per heavy atom. The zero-order chi connectivity index (χ0) is 18.4. The molecule has 0 bridgehead atoms. The van der Waals surface area contributed by atoms with Crippen LogP contribution in [0.1, 0.15) is 25.0 Å². The number of nitro benzene ring substituents is 1. The first-order valence-corrected chi connectivity index (χ1v) is 8.98. The lowest BCUT2D eigenvalue weighted by Crippen LogP contribution is -2.38. The molecule has 2 rings (SSSR count). The van der Waals surface area contributed by atoms with Crippen LogP contribution in [0, 0.1) is 15.5 Å². The second-order valence-corrected chi connectivity index (χ2v) is 7.98. The van der Waals surface area contributed by atoms with Gasteiger partial charge in [-0.05, 0) is 35.2 Å². The Kier molecular flexibility index (Phi) is 6.70. The Morgan fingerprint density at radius 2 is 1.76 bits per heavy atom. The van der Waals surface area contributed by atoms with Crippen molar-refractivity contribution in [1.82, 2.24) is 4.90 Å². The minimum absolute atomic E-state index is 0.00715. The van der Waals surface area contributed by atoms with Crippen LogP contribution in [0.25, 0.3) is 0 Å². The van der Waals surface area contributed by atoms with Crippen LogP contribution in [-0.2, 0) is 13.1 Å². The summed E-state index contributed by atoms with van der Waals surface area (Å²) in [6, 6.07) is 15.0. The van der Waals surface area contributed by atoms with Gasteiger partial charge in [0.2, 0.25) is 0 Å². The number of halogens is 1. The third kappa shape index (κ3) is 6.23. The Hall–Kier alpha value is -1.76. The van der Waals surface area contributed by atoms with Gasteiger partial charge in [-0.1, -0.05) is 54.0 Å². The molecule has 0 aliphatic heterocycles. The maximum atomic E-state index is 10.8. The molecule has 0 spiro atoms. The highest BCUT2D eigenvalue weighted by Crippen LogP contribution is 2.21. The molecular weight excluding hydrogens is 382 g/mol. The summed E-state index contributed by atoms with van der Waals surface area (Å²) in [6.07, 6.45) is 0. The van der Waals surface area contributed by atoms with Gasteiger partial charge in [-0.2, -0.15) is 0 Å². The first-order valence-electron chi connectivity index (χ1n) is 8.19. The SMILES string of the molecule is CC(C)(CN)CN(Cc1ccc([N+](=O)[O-])cc1)Cc1cccc(Br)c1. The predicted octanol–water partition coefficient (Wildman–Crippen LogP) is 4.34. The number of non-ortho nitro benzene ring substituents is 1. The zero-order valence-corrected chi connectivity index (χ0v) is 16.2. The summed E-state index contributed by atoms with van der Waals surface area (Å²) in [5.74, 6) is 0. The molecule has 2 aromatic carbocycles. The van der Waals surface area contributed by atoms with Crippen molar-refractivity contribution in [2.24, 2.45) is 11.1 Å². The fourth-order valence-electron chi connectivity index (χ4n) is 2.71. The minimum Gasteiger partial charge on any atom is -0.330 e. The van der Waals surface area contributed by atoms with Crippen molar-refractivity contribution < 1.29 is 4.92 Å². The molecule has 0 atom stereocenters. The highest BCUT2D eigenvalue weighted by atomic mass is 79.9. The molecule has 0 saturated heterocycles. The van der Waals surface area contributed by atoms with Crippen molar-refractivity contribution in [2.75, 3.05) is 13.1 Å². The predicted molar refractivity (Wildman–Crippen MR) is 104 cm³/mol. The van der Waals surface area contributed by atoms with Gasteiger partial charge in [-0.15, -0.1) is 0 Å². The highest BCUT2D eigenvalue weighted by Gasteiger charge is 2.21. The maximum Gasteiger partial charge on any atom is 0.269 e. The van der Waals surface area contributed by atoms with Gasteiger partial charge in [-0.25, -0.2) is 0 Å². The van der Waals surface area contributed by atoms with E-state index in [2.05, 4.69) is 46.8 Å².